The Kier molecular flexibility index (Phi) is 4.21. The number of rotatable bonds is 8. The SMILES string of the molecule is [2H]C1C([2H])([2H])N(Cc2ccc(/C(C)=N/OC([2H])([2H])c3ccc(C4([2H])CCCCC4)c(C(F)(F)F)c3)cc2C([2H])([2H])C([2H])([2H])[2H])C1([2H])[2H]. The lowest BCUT2D eigenvalue weighted by Crippen LogP contribution is -2.36. The smallest absolute Gasteiger partial charge is 0.391 e. The van der Waals surface area contributed by atoms with E-state index in [0.717, 1.165) is 24.6 Å². The molecule has 6 heteroatoms. The van der Waals surface area contributed by atoms with Crippen molar-refractivity contribution in [2.45, 2.75) is 83.8 Å². The minimum atomic E-state index is -4.87. The van der Waals surface area contributed by atoms with Gasteiger partial charge in [0, 0.05) is 21.6 Å². The summed E-state index contributed by atoms with van der Waals surface area (Å²) in [5.74, 6) is -1.46. The molecule has 1 aliphatic heterocycles. The molecule has 2 aromatic rings. The van der Waals surface area contributed by atoms with Crippen LogP contribution in [0.25, 0.3) is 0 Å². The Morgan fingerprint density at radius 3 is 2.71 bits per heavy atom. The van der Waals surface area contributed by atoms with Crippen molar-refractivity contribution in [1.82, 2.24) is 4.90 Å². The molecule has 1 aliphatic carbocycles. The predicted molar refractivity (Wildman–Crippen MR) is 130 cm³/mol. The van der Waals surface area contributed by atoms with Crippen LogP contribution in [0.3, 0.4) is 0 Å². The van der Waals surface area contributed by atoms with E-state index in [-0.39, 0.29) is 35.2 Å². The number of halogens is 3. The van der Waals surface area contributed by atoms with Crippen molar-refractivity contribution < 1.29 is 35.8 Å². The highest BCUT2D eigenvalue weighted by Gasteiger charge is 2.35. The third-order valence-electron chi connectivity index (χ3n) is 5.94. The largest absolute Gasteiger partial charge is 0.416 e. The summed E-state index contributed by atoms with van der Waals surface area (Å²) < 4.78 is 148. The monoisotopic (exact) mass is 485 g/mol. The number of hydrogen-bond acceptors (Lipinski definition) is 3. The summed E-state index contributed by atoms with van der Waals surface area (Å²) in [6, 6.07) is 6.47. The maximum absolute atomic E-state index is 14.1. The molecule has 0 spiro atoms. The Morgan fingerprint density at radius 1 is 1.18 bits per heavy atom. The number of oxime groups is 1. The van der Waals surface area contributed by atoms with Crippen LogP contribution in [0.2, 0.25) is 0 Å². The van der Waals surface area contributed by atoms with Gasteiger partial charge >= 0.3 is 6.18 Å². The number of benzene rings is 2. The number of likely N-dealkylation sites (tertiary alicyclic amines) is 1. The molecule has 4 rings (SSSR count). The predicted octanol–water partition coefficient (Wildman–Crippen LogP) is 7.46. The summed E-state index contributed by atoms with van der Waals surface area (Å²) in [4.78, 5) is 5.75. The normalized spacial score (nSPS) is 29.4. The molecule has 1 saturated heterocycles. The molecule has 0 atom stereocenters. The van der Waals surface area contributed by atoms with Gasteiger partial charge in [-0.15, -0.1) is 0 Å². The quantitative estimate of drug-likeness (QED) is 0.286. The van der Waals surface area contributed by atoms with E-state index in [2.05, 4.69) is 5.16 Å². The Balaban J connectivity index is 1.68. The number of alkyl halides is 3. The zero-order valence-electron chi connectivity index (χ0n) is 31.7. The van der Waals surface area contributed by atoms with Crippen LogP contribution in [-0.2, 0) is 30.5 Å². The molecular weight excluding hydrogens is 437 g/mol. The van der Waals surface area contributed by atoms with Crippen LogP contribution in [0.1, 0.15) is 109 Å². The van der Waals surface area contributed by atoms with Crippen molar-refractivity contribution >= 4 is 5.71 Å². The highest BCUT2D eigenvalue weighted by Crippen LogP contribution is 2.41. The molecule has 2 aromatic carbocycles. The van der Waals surface area contributed by atoms with Gasteiger partial charge in [0.05, 0.1) is 14.0 Å². The van der Waals surface area contributed by atoms with Crippen molar-refractivity contribution in [1.29, 1.82) is 0 Å². The zero-order chi connectivity index (χ0) is 35.6. The van der Waals surface area contributed by atoms with E-state index >= 15 is 0 Å². The zero-order valence-corrected chi connectivity index (χ0v) is 18.7. The molecule has 0 unspecified atom stereocenters. The lowest BCUT2D eigenvalue weighted by molar-refractivity contribution is -0.138. The fourth-order valence-corrected chi connectivity index (χ4v) is 4.07. The summed E-state index contributed by atoms with van der Waals surface area (Å²) in [6.45, 7) is -10.2. The van der Waals surface area contributed by atoms with Crippen LogP contribution in [0.15, 0.2) is 41.6 Å². The van der Waals surface area contributed by atoms with Gasteiger partial charge in [-0.3, -0.25) is 4.90 Å². The van der Waals surface area contributed by atoms with Gasteiger partial charge in [-0.2, -0.15) is 13.2 Å². The standard InChI is InChI=1S/C28H35F3N2O/c1-3-22-17-24(11-12-25(22)18-33-14-7-15-33)20(2)32-34-19-21-10-13-26(23-8-5-4-6-9-23)27(16-21)28(29,30)31/h10-13,16-17,23H,3-9,14-15,18-19H2,1-2H3/b32-20+/i1D3,3D2,7D,14D2,15D2,19D2,23D. The number of aryl methyl sites for hydroxylation is 1. The molecule has 0 bridgehead atoms. The average Bonchev–Trinajstić information content (AvgIpc) is 2.97. The Labute approximate surface area is 219 Å². The minimum Gasteiger partial charge on any atom is -0.391 e. The van der Waals surface area contributed by atoms with E-state index in [1.54, 1.807) is 0 Å². The lowest BCUT2D eigenvalue weighted by atomic mass is 9.81. The van der Waals surface area contributed by atoms with E-state index in [1.807, 2.05) is 0 Å². The average molecular weight is 486 g/mol. The molecule has 1 saturated carbocycles. The van der Waals surface area contributed by atoms with Gasteiger partial charge in [0.15, 0.2) is 0 Å². The molecule has 1 heterocycles. The van der Waals surface area contributed by atoms with E-state index in [4.69, 9.17) is 22.7 Å². The van der Waals surface area contributed by atoms with Crippen LogP contribution >= 0.6 is 0 Å². The molecular formula is C28H35F3N2O. The van der Waals surface area contributed by atoms with E-state index in [1.165, 1.54) is 19.1 Å². The van der Waals surface area contributed by atoms with Crippen LogP contribution < -0.4 is 0 Å². The van der Waals surface area contributed by atoms with Gasteiger partial charge in [0.2, 0.25) is 0 Å². The highest BCUT2D eigenvalue weighted by molar-refractivity contribution is 5.98. The van der Waals surface area contributed by atoms with Crippen LogP contribution in [-0.4, -0.2) is 23.6 Å². The Bertz CT molecular complexity index is 1500. The van der Waals surface area contributed by atoms with Crippen molar-refractivity contribution in [3.63, 3.8) is 0 Å². The third-order valence-corrected chi connectivity index (χ3v) is 5.94. The summed E-state index contributed by atoms with van der Waals surface area (Å²) in [7, 11) is 0. The molecule has 2 fully saturated rings. The summed E-state index contributed by atoms with van der Waals surface area (Å²) in [6.07, 6.45) is -7.15. The topological polar surface area (TPSA) is 24.8 Å². The Morgan fingerprint density at radius 2 is 1.97 bits per heavy atom. The molecule has 3 nitrogen and oxygen atoms in total. The maximum Gasteiger partial charge on any atom is 0.416 e. The second-order valence-electron chi connectivity index (χ2n) is 8.28. The Hall–Kier alpha value is -2.34. The number of nitrogens with zero attached hydrogens (tertiary/aromatic N) is 2. The van der Waals surface area contributed by atoms with E-state index < -0.39 is 74.5 Å². The van der Waals surface area contributed by atoms with Gasteiger partial charge < -0.3 is 4.84 Å². The van der Waals surface area contributed by atoms with Gasteiger partial charge in [0.25, 0.3) is 0 Å². The molecule has 0 aromatic heterocycles. The van der Waals surface area contributed by atoms with Gasteiger partial charge in [-0.25, -0.2) is 0 Å². The second-order valence-corrected chi connectivity index (χ2v) is 8.28. The maximum atomic E-state index is 14.1. The van der Waals surface area contributed by atoms with Crippen LogP contribution in [0, 0.1) is 0 Å². The van der Waals surface area contributed by atoms with E-state index in [9.17, 15) is 13.2 Å². The molecule has 0 radical (unpaired) electrons. The first-order valence-corrected chi connectivity index (χ1v) is 11.1. The second kappa shape index (κ2) is 10.9. The van der Waals surface area contributed by atoms with Crippen molar-refractivity contribution in [3.05, 3.63) is 69.8 Å². The van der Waals surface area contributed by atoms with Crippen molar-refractivity contribution in [2.75, 3.05) is 13.0 Å². The van der Waals surface area contributed by atoms with Gasteiger partial charge in [-0.1, -0.05) is 55.5 Å². The van der Waals surface area contributed by atoms with Crippen molar-refractivity contribution in [2.24, 2.45) is 5.16 Å². The first-order chi connectivity index (χ1) is 21.3. The van der Waals surface area contributed by atoms with Gasteiger partial charge in [-0.05, 0) is 91.4 Å². The highest BCUT2D eigenvalue weighted by atomic mass is 19.4. The molecule has 0 N–H and O–H groups in total. The van der Waals surface area contributed by atoms with Crippen LogP contribution in [0.4, 0.5) is 13.2 Å². The fraction of sp³-hybridized carbons (Fsp3) is 0.536. The molecule has 0 amide bonds. The van der Waals surface area contributed by atoms with Gasteiger partial charge in [0.1, 0.15) is 6.56 Å². The summed E-state index contributed by atoms with van der Waals surface area (Å²) >= 11 is 0. The summed E-state index contributed by atoms with van der Waals surface area (Å²) in [5.41, 5.74) is -2.49. The lowest BCUT2D eigenvalue weighted by Gasteiger charge is -2.31. The first-order valence-electron chi connectivity index (χ1n) is 17.6. The first kappa shape index (κ1) is 13.1. The molecule has 34 heavy (non-hydrogen) atoms. The summed E-state index contributed by atoms with van der Waals surface area (Å²) in [5, 5.41) is 3.72. The molecule has 2 aliphatic rings. The number of hydrogen-bond donors (Lipinski definition) is 0. The minimum absolute atomic E-state index is 0.0421. The van der Waals surface area contributed by atoms with E-state index in [0.29, 0.717) is 23.8 Å². The van der Waals surface area contributed by atoms with Crippen LogP contribution in [0.5, 0.6) is 0 Å². The van der Waals surface area contributed by atoms with Crippen molar-refractivity contribution in [3.8, 4) is 0 Å². The third kappa shape index (κ3) is 6.01. The molecule has 184 valence electrons. The fourth-order valence-electron chi connectivity index (χ4n) is 4.07.